The summed E-state index contributed by atoms with van der Waals surface area (Å²) in [5, 5.41) is 0. The van der Waals surface area contributed by atoms with E-state index in [1.165, 1.54) is 0 Å². The molecule has 2 rings (SSSR count). The molecule has 0 aliphatic rings. The summed E-state index contributed by atoms with van der Waals surface area (Å²) in [6.07, 6.45) is 0. The number of methoxy groups -OCH3 is 2. The first-order valence-corrected chi connectivity index (χ1v) is 6.94. The number of hydrogen-bond donors (Lipinski definition) is 0. The Labute approximate surface area is 133 Å². The molecule has 2 aromatic carbocycles. The van der Waals surface area contributed by atoms with Crippen LogP contribution in [0.2, 0.25) is 0 Å². The summed E-state index contributed by atoms with van der Waals surface area (Å²) in [5.41, 5.74) is 2.17. The van der Waals surface area contributed by atoms with E-state index in [0.29, 0.717) is 0 Å². The molecule has 0 fully saturated rings. The maximum absolute atomic E-state index is 12.4. The number of ketones is 1. The summed E-state index contributed by atoms with van der Waals surface area (Å²) >= 11 is 0. The lowest BCUT2D eigenvalue weighted by Gasteiger charge is -2.11. The van der Waals surface area contributed by atoms with Crippen LogP contribution in [0.4, 0.5) is 0 Å². The number of hydrogen-bond acceptors (Lipinski definition) is 5. The van der Waals surface area contributed by atoms with Crippen LogP contribution >= 0.6 is 0 Å². The van der Waals surface area contributed by atoms with Crippen LogP contribution in [0.15, 0.2) is 54.6 Å². The zero-order chi connectivity index (χ0) is 16.8. The average molecular weight is 312 g/mol. The van der Waals surface area contributed by atoms with Gasteiger partial charge in [0, 0.05) is 5.56 Å². The zero-order valence-corrected chi connectivity index (χ0v) is 12.8. The SMILES string of the molecule is COC(=O)C(C(=O)OC)C(=O)c1ccc(-c2ccccc2)cc1. The Morgan fingerprint density at radius 1 is 0.739 bits per heavy atom. The van der Waals surface area contributed by atoms with Gasteiger partial charge in [0.2, 0.25) is 5.92 Å². The summed E-state index contributed by atoms with van der Waals surface area (Å²) in [4.78, 5) is 35.7. The van der Waals surface area contributed by atoms with Crippen molar-refractivity contribution in [2.45, 2.75) is 0 Å². The third-order valence-electron chi connectivity index (χ3n) is 3.41. The van der Waals surface area contributed by atoms with Crippen molar-refractivity contribution in [1.29, 1.82) is 0 Å². The minimum absolute atomic E-state index is 0.241. The van der Waals surface area contributed by atoms with Crippen molar-refractivity contribution in [2.24, 2.45) is 5.92 Å². The Hall–Kier alpha value is -2.95. The predicted octanol–water partition coefficient (Wildman–Crippen LogP) is 2.50. The second-order valence-electron chi connectivity index (χ2n) is 4.79. The fourth-order valence-electron chi connectivity index (χ4n) is 2.17. The highest BCUT2D eigenvalue weighted by Crippen LogP contribution is 2.21. The highest BCUT2D eigenvalue weighted by atomic mass is 16.5. The van der Waals surface area contributed by atoms with Crippen LogP contribution in [0.1, 0.15) is 10.4 Å². The molecule has 0 aliphatic carbocycles. The van der Waals surface area contributed by atoms with Crippen LogP contribution in [0, 0.1) is 5.92 Å². The van der Waals surface area contributed by atoms with Gasteiger partial charge in [0.05, 0.1) is 14.2 Å². The molecule has 0 aromatic heterocycles. The van der Waals surface area contributed by atoms with Gasteiger partial charge in [-0.3, -0.25) is 14.4 Å². The third kappa shape index (κ3) is 3.63. The normalized spacial score (nSPS) is 10.2. The van der Waals surface area contributed by atoms with Gasteiger partial charge in [-0.15, -0.1) is 0 Å². The lowest BCUT2D eigenvalue weighted by Crippen LogP contribution is -2.33. The molecule has 23 heavy (non-hydrogen) atoms. The quantitative estimate of drug-likeness (QED) is 0.482. The van der Waals surface area contributed by atoms with E-state index >= 15 is 0 Å². The first-order chi connectivity index (χ1) is 11.1. The number of Topliss-reactive ketones (excluding diaryl/α,β-unsaturated/α-hetero) is 1. The molecular weight excluding hydrogens is 296 g/mol. The van der Waals surface area contributed by atoms with Crippen LogP contribution in [0.25, 0.3) is 11.1 Å². The zero-order valence-electron chi connectivity index (χ0n) is 12.8. The van der Waals surface area contributed by atoms with E-state index < -0.39 is 23.6 Å². The number of rotatable bonds is 5. The number of carbonyl (C=O) groups is 3. The van der Waals surface area contributed by atoms with E-state index in [4.69, 9.17) is 0 Å². The first-order valence-electron chi connectivity index (χ1n) is 6.94. The van der Waals surface area contributed by atoms with Crippen molar-refractivity contribution in [3.05, 3.63) is 60.2 Å². The van der Waals surface area contributed by atoms with Crippen molar-refractivity contribution in [2.75, 3.05) is 14.2 Å². The Kier molecular flexibility index (Phi) is 5.25. The largest absolute Gasteiger partial charge is 0.468 e. The lowest BCUT2D eigenvalue weighted by atomic mass is 9.95. The van der Waals surface area contributed by atoms with E-state index in [0.717, 1.165) is 25.3 Å². The monoisotopic (exact) mass is 312 g/mol. The van der Waals surface area contributed by atoms with Gasteiger partial charge in [0.1, 0.15) is 0 Å². The third-order valence-corrected chi connectivity index (χ3v) is 3.41. The van der Waals surface area contributed by atoms with Gasteiger partial charge >= 0.3 is 11.9 Å². The molecule has 0 saturated heterocycles. The molecule has 0 saturated carbocycles. The number of esters is 2. The van der Waals surface area contributed by atoms with Gasteiger partial charge in [0.25, 0.3) is 0 Å². The summed E-state index contributed by atoms with van der Waals surface area (Å²) in [7, 11) is 2.23. The fraction of sp³-hybridized carbons (Fsp3) is 0.167. The Balaban J connectivity index is 2.28. The molecule has 5 heteroatoms. The van der Waals surface area contributed by atoms with Crippen LogP contribution in [0.5, 0.6) is 0 Å². The second kappa shape index (κ2) is 7.35. The molecule has 2 aromatic rings. The molecule has 118 valence electrons. The van der Waals surface area contributed by atoms with Gasteiger partial charge in [-0.1, -0.05) is 54.6 Å². The second-order valence-corrected chi connectivity index (χ2v) is 4.79. The van der Waals surface area contributed by atoms with E-state index in [9.17, 15) is 14.4 Å². The van der Waals surface area contributed by atoms with E-state index in [2.05, 4.69) is 9.47 Å². The van der Waals surface area contributed by atoms with Gasteiger partial charge in [-0.25, -0.2) is 0 Å². The molecule has 0 amide bonds. The summed E-state index contributed by atoms with van der Waals surface area (Å²) in [6, 6.07) is 16.3. The van der Waals surface area contributed by atoms with Gasteiger partial charge in [-0.2, -0.15) is 0 Å². The van der Waals surface area contributed by atoms with Crippen molar-refractivity contribution < 1.29 is 23.9 Å². The first kappa shape index (κ1) is 16.4. The Bertz CT molecular complexity index is 688. The molecule has 0 aliphatic heterocycles. The molecular formula is C18H16O5. The van der Waals surface area contributed by atoms with Crippen molar-refractivity contribution in [1.82, 2.24) is 0 Å². The molecule has 0 spiro atoms. The maximum atomic E-state index is 12.4. The number of carbonyl (C=O) groups excluding carboxylic acids is 3. The standard InChI is InChI=1S/C18H16O5/c1-22-17(20)15(18(21)23-2)16(19)14-10-8-13(9-11-14)12-6-4-3-5-7-12/h3-11,15H,1-2H3. The highest BCUT2D eigenvalue weighted by molar-refractivity contribution is 6.20. The highest BCUT2D eigenvalue weighted by Gasteiger charge is 2.36. The van der Waals surface area contributed by atoms with Crippen molar-refractivity contribution in [3.63, 3.8) is 0 Å². The van der Waals surface area contributed by atoms with Gasteiger partial charge in [-0.05, 0) is 11.1 Å². The van der Waals surface area contributed by atoms with Crippen LogP contribution < -0.4 is 0 Å². The van der Waals surface area contributed by atoms with E-state index in [1.54, 1.807) is 24.3 Å². The minimum Gasteiger partial charge on any atom is -0.468 e. The molecule has 5 nitrogen and oxygen atoms in total. The fourth-order valence-corrected chi connectivity index (χ4v) is 2.17. The molecule has 0 heterocycles. The molecule has 0 radical (unpaired) electrons. The average Bonchev–Trinajstić information content (AvgIpc) is 2.62. The minimum atomic E-state index is -1.60. The molecule has 0 unspecified atom stereocenters. The summed E-state index contributed by atoms with van der Waals surface area (Å²) in [6.45, 7) is 0. The van der Waals surface area contributed by atoms with Crippen LogP contribution in [0.3, 0.4) is 0 Å². The maximum Gasteiger partial charge on any atom is 0.328 e. The van der Waals surface area contributed by atoms with Gasteiger partial charge in [0.15, 0.2) is 5.78 Å². The predicted molar refractivity (Wildman–Crippen MR) is 83.7 cm³/mol. The van der Waals surface area contributed by atoms with Gasteiger partial charge < -0.3 is 9.47 Å². The van der Waals surface area contributed by atoms with E-state index in [-0.39, 0.29) is 5.56 Å². The molecule has 0 N–H and O–H groups in total. The van der Waals surface area contributed by atoms with Crippen molar-refractivity contribution >= 4 is 17.7 Å². The number of benzene rings is 2. The molecule has 0 atom stereocenters. The van der Waals surface area contributed by atoms with Crippen LogP contribution in [-0.2, 0) is 19.1 Å². The Morgan fingerprint density at radius 3 is 1.70 bits per heavy atom. The Morgan fingerprint density at radius 2 is 1.22 bits per heavy atom. The van der Waals surface area contributed by atoms with Crippen LogP contribution in [-0.4, -0.2) is 31.9 Å². The smallest absolute Gasteiger partial charge is 0.328 e. The van der Waals surface area contributed by atoms with E-state index in [1.807, 2.05) is 30.3 Å². The molecule has 0 bridgehead atoms. The topological polar surface area (TPSA) is 69.7 Å². The summed E-state index contributed by atoms with van der Waals surface area (Å²) in [5.74, 6) is -4.13. The number of ether oxygens (including phenoxy) is 2. The summed E-state index contributed by atoms with van der Waals surface area (Å²) < 4.78 is 9.02. The lowest BCUT2D eigenvalue weighted by molar-refractivity contribution is -0.155. The van der Waals surface area contributed by atoms with Crippen molar-refractivity contribution in [3.8, 4) is 11.1 Å².